The first-order chi connectivity index (χ1) is 8.23. The van der Waals surface area contributed by atoms with Crippen LogP contribution in [0.4, 0.5) is 18.9 Å². The van der Waals surface area contributed by atoms with Crippen LogP contribution in [0.3, 0.4) is 0 Å². The van der Waals surface area contributed by atoms with Crippen molar-refractivity contribution >= 4 is 39.8 Å². The predicted molar refractivity (Wildman–Crippen MR) is 65.9 cm³/mol. The molecule has 0 amide bonds. The molecule has 1 aromatic carbocycles. The van der Waals surface area contributed by atoms with Gasteiger partial charge in [-0.1, -0.05) is 23.2 Å². The number of fused-ring (bicyclic) bond motifs is 1. The number of alkyl halides is 3. The Morgan fingerprint density at radius 1 is 1.22 bits per heavy atom. The zero-order chi connectivity index (χ0) is 13.7. The van der Waals surface area contributed by atoms with E-state index in [0.29, 0.717) is 5.39 Å². The lowest BCUT2D eigenvalue weighted by molar-refractivity contribution is -0.141. The van der Waals surface area contributed by atoms with Crippen molar-refractivity contribution in [2.45, 2.75) is 13.1 Å². The summed E-state index contributed by atoms with van der Waals surface area (Å²) in [4.78, 5) is 3.55. The molecule has 7 heteroatoms. The van der Waals surface area contributed by atoms with Gasteiger partial charge in [0, 0.05) is 16.6 Å². The Balaban J connectivity index is 2.94. The number of anilines is 1. The zero-order valence-electron chi connectivity index (χ0n) is 9.07. The molecule has 2 nitrogen and oxygen atoms in total. The van der Waals surface area contributed by atoms with Crippen LogP contribution in [-0.4, -0.2) is 4.98 Å². The van der Waals surface area contributed by atoms with Gasteiger partial charge < -0.3 is 5.73 Å². The van der Waals surface area contributed by atoms with Crippen LogP contribution in [0.5, 0.6) is 0 Å². The van der Waals surface area contributed by atoms with Gasteiger partial charge in [-0.3, -0.25) is 0 Å². The van der Waals surface area contributed by atoms with Gasteiger partial charge in [-0.2, -0.15) is 13.2 Å². The average Bonchev–Trinajstić information content (AvgIpc) is 2.26. The van der Waals surface area contributed by atoms with E-state index in [0.717, 1.165) is 0 Å². The lowest BCUT2D eigenvalue weighted by Gasteiger charge is -2.14. The second kappa shape index (κ2) is 4.17. The quantitative estimate of drug-likeness (QED) is 0.779. The Morgan fingerprint density at radius 2 is 1.83 bits per heavy atom. The first kappa shape index (κ1) is 13.2. The van der Waals surface area contributed by atoms with Crippen molar-refractivity contribution in [1.82, 2.24) is 4.98 Å². The van der Waals surface area contributed by atoms with Crippen LogP contribution in [0.15, 0.2) is 12.1 Å². The summed E-state index contributed by atoms with van der Waals surface area (Å²) < 4.78 is 38.4. The van der Waals surface area contributed by atoms with Gasteiger partial charge in [0.2, 0.25) is 0 Å². The SMILES string of the molecule is Cc1c(C(F)(F)F)nc2c(Cl)c(Cl)ccc2c1N. The van der Waals surface area contributed by atoms with Crippen molar-refractivity contribution in [3.63, 3.8) is 0 Å². The molecular formula is C11H7Cl2F3N2. The number of nitrogens with zero attached hydrogens (tertiary/aromatic N) is 1. The molecule has 2 N–H and O–H groups in total. The normalized spacial score (nSPS) is 12.1. The Morgan fingerprint density at radius 3 is 2.39 bits per heavy atom. The Bertz CT molecular complexity index is 638. The lowest BCUT2D eigenvalue weighted by Crippen LogP contribution is -2.12. The fourth-order valence-electron chi connectivity index (χ4n) is 1.67. The molecule has 18 heavy (non-hydrogen) atoms. The smallest absolute Gasteiger partial charge is 0.398 e. The first-order valence-corrected chi connectivity index (χ1v) is 5.60. The Hall–Kier alpha value is -1.20. The van der Waals surface area contributed by atoms with Crippen LogP contribution in [0.25, 0.3) is 10.9 Å². The molecule has 96 valence electrons. The lowest BCUT2D eigenvalue weighted by atomic mass is 10.1. The highest BCUT2D eigenvalue weighted by Crippen LogP contribution is 2.39. The van der Waals surface area contributed by atoms with Gasteiger partial charge in [-0.25, -0.2) is 4.98 Å². The van der Waals surface area contributed by atoms with Crippen LogP contribution in [0, 0.1) is 6.92 Å². The second-order valence-corrected chi connectivity index (χ2v) is 4.54. The van der Waals surface area contributed by atoms with Gasteiger partial charge in [0.05, 0.1) is 15.6 Å². The maximum Gasteiger partial charge on any atom is 0.433 e. The number of pyridine rings is 1. The zero-order valence-corrected chi connectivity index (χ0v) is 10.6. The third-order valence-corrected chi connectivity index (χ3v) is 3.40. The van der Waals surface area contributed by atoms with E-state index >= 15 is 0 Å². The van der Waals surface area contributed by atoms with Gasteiger partial charge in [-0.15, -0.1) is 0 Å². The topological polar surface area (TPSA) is 38.9 Å². The van der Waals surface area contributed by atoms with E-state index in [-0.39, 0.29) is 26.8 Å². The van der Waals surface area contributed by atoms with Gasteiger partial charge >= 0.3 is 6.18 Å². The fourth-order valence-corrected chi connectivity index (χ4v) is 2.03. The maximum absolute atomic E-state index is 12.8. The van der Waals surface area contributed by atoms with Gasteiger partial charge in [0.25, 0.3) is 0 Å². The van der Waals surface area contributed by atoms with Crippen LogP contribution >= 0.6 is 23.2 Å². The number of nitrogen functional groups attached to an aromatic ring is 1. The third kappa shape index (κ3) is 1.97. The third-order valence-electron chi connectivity index (χ3n) is 2.61. The molecule has 2 aromatic rings. The van der Waals surface area contributed by atoms with E-state index in [4.69, 9.17) is 28.9 Å². The van der Waals surface area contributed by atoms with Crippen molar-refractivity contribution in [2.75, 3.05) is 5.73 Å². The average molecular weight is 295 g/mol. The molecule has 0 saturated carbocycles. The first-order valence-electron chi connectivity index (χ1n) is 4.84. The molecule has 0 radical (unpaired) electrons. The van der Waals surface area contributed by atoms with E-state index < -0.39 is 11.9 Å². The number of aromatic nitrogens is 1. The van der Waals surface area contributed by atoms with Crippen molar-refractivity contribution in [2.24, 2.45) is 0 Å². The standard InChI is InChI=1S/C11H7Cl2F3N2/c1-4-8(17)5-2-3-6(12)7(13)9(5)18-10(4)11(14,15)16/h2-3H,1H3,(H2,17,18). The van der Waals surface area contributed by atoms with Crippen molar-refractivity contribution < 1.29 is 13.2 Å². The molecule has 0 fully saturated rings. The van der Waals surface area contributed by atoms with E-state index in [1.807, 2.05) is 0 Å². The molecule has 0 bridgehead atoms. The summed E-state index contributed by atoms with van der Waals surface area (Å²) in [5, 5.41) is 0.453. The second-order valence-electron chi connectivity index (χ2n) is 3.75. The number of hydrogen-bond donors (Lipinski definition) is 1. The largest absolute Gasteiger partial charge is 0.433 e. The molecule has 0 aliphatic heterocycles. The highest BCUT2D eigenvalue weighted by Gasteiger charge is 2.36. The molecule has 0 saturated heterocycles. The van der Waals surface area contributed by atoms with Crippen LogP contribution in [-0.2, 0) is 6.18 Å². The van der Waals surface area contributed by atoms with Gasteiger partial charge in [0.15, 0.2) is 0 Å². The number of benzene rings is 1. The minimum atomic E-state index is -4.59. The summed E-state index contributed by atoms with van der Waals surface area (Å²) in [6.07, 6.45) is -4.59. The molecule has 0 aliphatic carbocycles. The van der Waals surface area contributed by atoms with Crippen LogP contribution in [0.1, 0.15) is 11.3 Å². The summed E-state index contributed by atoms with van der Waals surface area (Å²) in [7, 11) is 0. The van der Waals surface area contributed by atoms with Gasteiger partial charge in [-0.05, 0) is 19.1 Å². The summed E-state index contributed by atoms with van der Waals surface area (Å²) in [5.41, 5.74) is 4.49. The van der Waals surface area contributed by atoms with Crippen molar-refractivity contribution in [1.29, 1.82) is 0 Å². The summed E-state index contributed by atoms with van der Waals surface area (Å²) in [6, 6.07) is 2.97. The van der Waals surface area contributed by atoms with E-state index in [1.165, 1.54) is 19.1 Å². The molecule has 1 aromatic heterocycles. The van der Waals surface area contributed by atoms with Crippen molar-refractivity contribution in [3.8, 4) is 0 Å². The number of rotatable bonds is 0. The molecule has 0 spiro atoms. The molecule has 1 heterocycles. The summed E-state index contributed by atoms with van der Waals surface area (Å²) in [6.45, 7) is 1.27. The highest BCUT2D eigenvalue weighted by atomic mass is 35.5. The monoisotopic (exact) mass is 294 g/mol. The van der Waals surface area contributed by atoms with Crippen LogP contribution in [0.2, 0.25) is 10.0 Å². The summed E-state index contributed by atoms with van der Waals surface area (Å²) >= 11 is 11.6. The maximum atomic E-state index is 12.8. The molecular weight excluding hydrogens is 288 g/mol. The minimum Gasteiger partial charge on any atom is -0.398 e. The Labute approximate surface area is 111 Å². The number of hydrogen-bond acceptors (Lipinski definition) is 2. The molecule has 2 rings (SSSR count). The van der Waals surface area contributed by atoms with E-state index in [2.05, 4.69) is 4.98 Å². The molecule has 0 unspecified atom stereocenters. The predicted octanol–water partition coefficient (Wildman–Crippen LogP) is 4.45. The highest BCUT2D eigenvalue weighted by molar-refractivity contribution is 6.45. The summed E-state index contributed by atoms with van der Waals surface area (Å²) in [5.74, 6) is 0. The Kier molecular flexibility index (Phi) is 3.07. The van der Waals surface area contributed by atoms with Crippen molar-refractivity contribution in [3.05, 3.63) is 33.4 Å². The minimum absolute atomic E-state index is 0.00546. The fraction of sp³-hybridized carbons (Fsp3) is 0.182. The number of halogens is 5. The molecule has 0 aliphatic rings. The van der Waals surface area contributed by atoms with E-state index in [1.54, 1.807) is 0 Å². The number of nitrogens with two attached hydrogens (primary N) is 1. The van der Waals surface area contributed by atoms with Gasteiger partial charge in [0.1, 0.15) is 5.69 Å². The van der Waals surface area contributed by atoms with E-state index in [9.17, 15) is 13.2 Å². The van der Waals surface area contributed by atoms with Crippen LogP contribution < -0.4 is 5.73 Å². The molecule has 0 atom stereocenters.